The second kappa shape index (κ2) is 10.6. The Balaban J connectivity index is 2.14. The number of carbonyl (C=O) groups excluding carboxylic acids is 1. The summed E-state index contributed by atoms with van der Waals surface area (Å²) in [6, 6.07) is 7.71. The Morgan fingerprint density at radius 2 is 1.95 bits per heavy atom. The van der Waals surface area contributed by atoms with E-state index in [1.807, 2.05) is 31.2 Å². The second-order valence-electron chi connectivity index (χ2n) is 4.86. The number of amides is 1. The van der Waals surface area contributed by atoms with Gasteiger partial charge in [0.2, 0.25) is 10.3 Å². The van der Waals surface area contributed by atoms with Gasteiger partial charge in [-0.2, -0.15) is 0 Å². The molecule has 21 heavy (non-hydrogen) atoms. The molecule has 1 N–H and O–H groups in total. The smallest absolute Gasteiger partial charge is 0.234 e. The molecule has 1 aromatic rings. The summed E-state index contributed by atoms with van der Waals surface area (Å²) >= 11 is 6.36. The molecule has 0 fully saturated rings. The van der Waals surface area contributed by atoms with Crippen LogP contribution in [0.5, 0.6) is 0 Å². The Morgan fingerprint density at radius 1 is 1.24 bits per heavy atom. The maximum atomic E-state index is 11.8. The lowest BCUT2D eigenvalue weighted by Gasteiger charge is -2.07. The van der Waals surface area contributed by atoms with Gasteiger partial charge >= 0.3 is 0 Å². The molecule has 0 heterocycles. The van der Waals surface area contributed by atoms with E-state index in [2.05, 4.69) is 12.2 Å². The van der Waals surface area contributed by atoms with Crippen LogP contribution in [0.3, 0.4) is 0 Å². The molecule has 116 valence electrons. The van der Waals surface area contributed by atoms with E-state index >= 15 is 0 Å². The lowest BCUT2D eigenvalue weighted by Crippen LogP contribution is -2.15. The quantitative estimate of drug-likeness (QED) is 0.562. The molecule has 0 aliphatic rings. The van der Waals surface area contributed by atoms with E-state index in [0.29, 0.717) is 11.0 Å². The molecule has 0 bridgehead atoms. The predicted molar refractivity (Wildman–Crippen MR) is 95.0 cm³/mol. The molecule has 1 amide bonds. The Morgan fingerprint density at radius 3 is 2.62 bits per heavy atom. The van der Waals surface area contributed by atoms with Gasteiger partial charge in [0, 0.05) is 5.69 Å². The first-order valence-corrected chi connectivity index (χ1v) is 8.67. The first kappa shape index (κ1) is 18.0. The van der Waals surface area contributed by atoms with Crippen molar-refractivity contribution in [1.29, 1.82) is 0 Å². The van der Waals surface area contributed by atoms with Crippen LogP contribution in [-0.4, -0.2) is 22.6 Å². The summed E-state index contributed by atoms with van der Waals surface area (Å²) in [5.74, 6) is 0.211. The highest BCUT2D eigenvalue weighted by Crippen LogP contribution is 2.11. The van der Waals surface area contributed by atoms with Crippen LogP contribution in [0.15, 0.2) is 24.3 Å². The van der Waals surface area contributed by atoms with E-state index in [-0.39, 0.29) is 11.7 Å². The fourth-order valence-corrected chi connectivity index (χ4v) is 2.43. The number of ether oxygens (including phenoxy) is 1. The summed E-state index contributed by atoms with van der Waals surface area (Å²) in [5, 5.41) is 2.83. The van der Waals surface area contributed by atoms with Gasteiger partial charge in [-0.1, -0.05) is 55.6 Å². The van der Waals surface area contributed by atoms with Crippen molar-refractivity contribution in [2.75, 3.05) is 17.7 Å². The van der Waals surface area contributed by atoms with Crippen molar-refractivity contribution in [3.8, 4) is 0 Å². The van der Waals surface area contributed by atoms with Gasteiger partial charge in [0.25, 0.3) is 0 Å². The van der Waals surface area contributed by atoms with Crippen molar-refractivity contribution in [1.82, 2.24) is 0 Å². The van der Waals surface area contributed by atoms with Gasteiger partial charge in [0.15, 0.2) is 0 Å². The third-order valence-corrected chi connectivity index (χ3v) is 4.11. The number of rotatable bonds is 8. The van der Waals surface area contributed by atoms with Gasteiger partial charge in [0.05, 0.1) is 12.4 Å². The van der Waals surface area contributed by atoms with Gasteiger partial charge in [-0.25, -0.2) is 0 Å². The molecule has 0 unspecified atom stereocenters. The Labute approximate surface area is 136 Å². The molecule has 0 spiro atoms. The average Bonchev–Trinajstić information content (AvgIpc) is 2.47. The maximum Gasteiger partial charge on any atom is 0.234 e. The highest BCUT2D eigenvalue weighted by atomic mass is 32.2. The molecule has 0 saturated carbocycles. The standard InChI is InChI=1S/C16H23NO2S2/c1-3-4-5-6-11-19-16(20)21-12-15(18)17-14-9-7-13(2)8-10-14/h7-10H,3-6,11-12H2,1-2H3,(H,17,18). The molecule has 1 rings (SSSR count). The summed E-state index contributed by atoms with van der Waals surface area (Å²) in [7, 11) is 0. The number of aryl methyl sites for hydroxylation is 1. The van der Waals surface area contributed by atoms with E-state index < -0.39 is 0 Å². The number of carbonyl (C=O) groups is 1. The minimum atomic E-state index is -0.0687. The second-order valence-corrected chi connectivity index (χ2v) is 6.44. The number of thiocarbonyl (C=S) groups is 1. The molecule has 0 radical (unpaired) electrons. The Kier molecular flexibility index (Phi) is 9.10. The van der Waals surface area contributed by atoms with Crippen molar-refractivity contribution in [3.63, 3.8) is 0 Å². The monoisotopic (exact) mass is 325 g/mol. The highest BCUT2D eigenvalue weighted by molar-refractivity contribution is 8.23. The number of nitrogens with one attached hydrogen (secondary N) is 1. The van der Waals surface area contributed by atoms with Crippen molar-refractivity contribution in [2.45, 2.75) is 39.5 Å². The van der Waals surface area contributed by atoms with Crippen LogP contribution in [0.4, 0.5) is 5.69 Å². The van der Waals surface area contributed by atoms with E-state index in [0.717, 1.165) is 18.5 Å². The average molecular weight is 325 g/mol. The lowest BCUT2D eigenvalue weighted by atomic mass is 10.2. The van der Waals surface area contributed by atoms with E-state index in [4.69, 9.17) is 17.0 Å². The summed E-state index contributed by atoms with van der Waals surface area (Å²) in [6.07, 6.45) is 4.61. The molecule has 5 heteroatoms. The molecule has 0 aliphatic heterocycles. The fraction of sp³-hybridized carbons (Fsp3) is 0.500. The predicted octanol–water partition coefficient (Wildman–Crippen LogP) is 4.55. The van der Waals surface area contributed by atoms with Crippen molar-refractivity contribution >= 4 is 40.0 Å². The topological polar surface area (TPSA) is 38.3 Å². The molecule has 0 aromatic heterocycles. The Hall–Kier alpha value is -1.07. The van der Waals surface area contributed by atoms with Gasteiger partial charge < -0.3 is 10.1 Å². The minimum absolute atomic E-state index is 0.0687. The third-order valence-electron chi connectivity index (χ3n) is 2.87. The first-order valence-electron chi connectivity index (χ1n) is 7.28. The van der Waals surface area contributed by atoms with Crippen LogP contribution in [0.1, 0.15) is 38.2 Å². The molecule has 3 nitrogen and oxygen atoms in total. The molecule has 0 aliphatic carbocycles. The SMILES string of the molecule is CCCCCCOC(=S)SCC(=O)Nc1ccc(C)cc1. The zero-order chi connectivity index (χ0) is 15.5. The van der Waals surface area contributed by atoms with Crippen LogP contribution >= 0.6 is 24.0 Å². The molecule has 1 aromatic carbocycles. The molecular formula is C16H23NO2S2. The number of unbranched alkanes of at least 4 members (excludes halogenated alkanes) is 3. The normalized spacial score (nSPS) is 10.2. The molecular weight excluding hydrogens is 302 g/mol. The zero-order valence-corrected chi connectivity index (χ0v) is 14.3. The third kappa shape index (κ3) is 8.73. The number of hydrogen-bond donors (Lipinski definition) is 1. The number of hydrogen-bond acceptors (Lipinski definition) is 4. The molecule has 0 atom stereocenters. The fourth-order valence-electron chi connectivity index (χ4n) is 1.68. The highest BCUT2D eigenvalue weighted by Gasteiger charge is 2.06. The van der Waals surface area contributed by atoms with E-state index in [1.54, 1.807) is 0 Å². The number of thioether (sulfide) groups is 1. The van der Waals surface area contributed by atoms with Gasteiger partial charge in [-0.3, -0.25) is 4.79 Å². The van der Waals surface area contributed by atoms with Crippen LogP contribution in [0.25, 0.3) is 0 Å². The number of anilines is 1. The summed E-state index contributed by atoms with van der Waals surface area (Å²) < 4.78 is 5.87. The van der Waals surface area contributed by atoms with Crippen LogP contribution < -0.4 is 5.32 Å². The summed E-state index contributed by atoms with van der Waals surface area (Å²) in [5.41, 5.74) is 1.97. The van der Waals surface area contributed by atoms with Crippen molar-refractivity contribution in [2.24, 2.45) is 0 Å². The van der Waals surface area contributed by atoms with Crippen LogP contribution in [0.2, 0.25) is 0 Å². The summed E-state index contributed by atoms with van der Waals surface area (Å²) in [6.45, 7) is 4.83. The minimum Gasteiger partial charge on any atom is -0.479 e. The first-order chi connectivity index (χ1) is 10.1. The van der Waals surface area contributed by atoms with Crippen LogP contribution in [0, 0.1) is 6.92 Å². The van der Waals surface area contributed by atoms with Crippen molar-refractivity contribution < 1.29 is 9.53 Å². The Bertz CT molecular complexity index is 446. The maximum absolute atomic E-state index is 11.8. The van der Waals surface area contributed by atoms with Crippen molar-refractivity contribution in [3.05, 3.63) is 29.8 Å². The lowest BCUT2D eigenvalue weighted by molar-refractivity contribution is -0.113. The largest absolute Gasteiger partial charge is 0.479 e. The number of benzene rings is 1. The van der Waals surface area contributed by atoms with Gasteiger partial charge in [-0.05, 0) is 37.7 Å². The van der Waals surface area contributed by atoms with Gasteiger partial charge in [0.1, 0.15) is 0 Å². The summed E-state index contributed by atoms with van der Waals surface area (Å²) in [4.78, 5) is 11.8. The van der Waals surface area contributed by atoms with Gasteiger partial charge in [-0.15, -0.1) is 0 Å². The van der Waals surface area contributed by atoms with E-state index in [1.165, 1.54) is 30.2 Å². The van der Waals surface area contributed by atoms with E-state index in [9.17, 15) is 4.79 Å². The molecule has 0 saturated heterocycles. The van der Waals surface area contributed by atoms with Crippen LogP contribution in [-0.2, 0) is 9.53 Å². The zero-order valence-electron chi connectivity index (χ0n) is 12.7.